The van der Waals surface area contributed by atoms with Gasteiger partial charge in [-0.2, -0.15) is 0 Å². The molecule has 0 saturated carbocycles. The Hall–Kier alpha value is -1.32. The molecule has 1 aromatic heterocycles. The van der Waals surface area contributed by atoms with E-state index < -0.39 is 0 Å². The van der Waals surface area contributed by atoms with E-state index in [1.54, 1.807) is 7.11 Å². The van der Waals surface area contributed by atoms with Gasteiger partial charge in [0.05, 0.1) is 6.10 Å². The van der Waals surface area contributed by atoms with E-state index in [9.17, 15) is 0 Å². The molecule has 0 radical (unpaired) electrons. The molecule has 1 aromatic carbocycles. The van der Waals surface area contributed by atoms with Gasteiger partial charge in [-0.05, 0) is 13.1 Å². The van der Waals surface area contributed by atoms with Crippen molar-refractivity contribution >= 4 is 10.9 Å². The molecule has 0 saturated heterocycles. The molecule has 0 aliphatic carbocycles. The van der Waals surface area contributed by atoms with E-state index in [2.05, 4.69) is 22.4 Å². The number of aromatic nitrogens is 1. The van der Waals surface area contributed by atoms with Gasteiger partial charge in [-0.3, -0.25) is 0 Å². The number of ether oxygens (including phenoxy) is 1. The Labute approximate surface area is 89.4 Å². The smallest absolute Gasteiger partial charge is 0.0965 e. The van der Waals surface area contributed by atoms with Crippen molar-refractivity contribution in [2.75, 3.05) is 20.7 Å². The van der Waals surface area contributed by atoms with Gasteiger partial charge >= 0.3 is 0 Å². The summed E-state index contributed by atoms with van der Waals surface area (Å²) in [5.41, 5.74) is 2.37. The number of hydrogen-bond acceptors (Lipinski definition) is 2. The van der Waals surface area contributed by atoms with Gasteiger partial charge in [0, 0.05) is 36.3 Å². The van der Waals surface area contributed by atoms with Crippen LogP contribution in [0.25, 0.3) is 10.9 Å². The SMILES string of the molecule is CNCC(OC)c1c[nH]c2ccccc12. The Morgan fingerprint density at radius 3 is 2.93 bits per heavy atom. The van der Waals surface area contributed by atoms with E-state index in [4.69, 9.17) is 4.74 Å². The van der Waals surface area contributed by atoms with E-state index in [1.807, 2.05) is 25.4 Å². The van der Waals surface area contributed by atoms with E-state index in [-0.39, 0.29) is 6.10 Å². The van der Waals surface area contributed by atoms with Crippen LogP contribution in [-0.4, -0.2) is 25.7 Å². The molecular weight excluding hydrogens is 188 g/mol. The number of aromatic amines is 1. The first-order chi connectivity index (χ1) is 7.36. The molecule has 3 nitrogen and oxygen atoms in total. The zero-order valence-corrected chi connectivity index (χ0v) is 9.08. The zero-order chi connectivity index (χ0) is 10.7. The molecule has 3 heteroatoms. The molecule has 2 rings (SSSR count). The summed E-state index contributed by atoms with van der Waals surface area (Å²) in [6.07, 6.45) is 2.13. The van der Waals surface area contributed by atoms with Crippen molar-refractivity contribution in [3.8, 4) is 0 Å². The number of likely N-dealkylation sites (N-methyl/N-ethyl adjacent to an activating group) is 1. The van der Waals surface area contributed by atoms with Crippen molar-refractivity contribution in [1.82, 2.24) is 10.3 Å². The standard InChI is InChI=1S/C12H16N2O/c1-13-8-12(15-2)10-7-14-11-6-4-3-5-9(10)11/h3-7,12-14H,8H2,1-2H3. The Bertz CT molecular complexity index is 436. The minimum atomic E-state index is 0.103. The van der Waals surface area contributed by atoms with Crippen molar-refractivity contribution in [3.63, 3.8) is 0 Å². The predicted molar refractivity (Wildman–Crippen MR) is 62.0 cm³/mol. The van der Waals surface area contributed by atoms with Crippen molar-refractivity contribution in [1.29, 1.82) is 0 Å². The first kappa shape index (κ1) is 10.2. The second-order valence-corrected chi connectivity index (χ2v) is 3.57. The highest BCUT2D eigenvalue weighted by Crippen LogP contribution is 2.25. The quantitative estimate of drug-likeness (QED) is 0.800. The van der Waals surface area contributed by atoms with E-state index in [0.717, 1.165) is 12.1 Å². The lowest BCUT2D eigenvalue weighted by Crippen LogP contribution is -2.18. The summed E-state index contributed by atoms with van der Waals surface area (Å²) in [6, 6.07) is 8.27. The summed E-state index contributed by atoms with van der Waals surface area (Å²) in [5, 5.41) is 4.37. The van der Waals surface area contributed by atoms with Crippen LogP contribution in [0, 0.1) is 0 Å². The van der Waals surface area contributed by atoms with Crippen LogP contribution in [0.1, 0.15) is 11.7 Å². The molecule has 0 bridgehead atoms. The maximum absolute atomic E-state index is 5.46. The molecule has 80 valence electrons. The third-order valence-electron chi connectivity index (χ3n) is 2.64. The number of rotatable bonds is 4. The van der Waals surface area contributed by atoms with Crippen LogP contribution in [0.5, 0.6) is 0 Å². The molecule has 1 heterocycles. The topological polar surface area (TPSA) is 37.0 Å². The number of methoxy groups -OCH3 is 1. The zero-order valence-electron chi connectivity index (χ0n) is 9.08. The van der Waals surface area contributed by atoms with Crippen molar-refractivity contribution in [2.24, 2.45) is 0 Å². The highest BCUT2D eigenvalue weighted by Gasteiger charge is 2.13. The van der Waals surface area contributed by atoms with Gasteiger partial charge in [0.15, 0.2) is 0 Å². The molecule has 1 atom stereocenters. The molecule has 0 amide bonds. The van der Waals surface area contributed by atoms with Gasteiger partial charge in [-0.1, -0.05) is 18.2 Å². The van der Waals surface area contributed by atoms with Gasteiger partial charge in [0.2, 0.25) is 0 Å². The monoisotopic (exact) mass is 204 g/mol. The van der Waals surface area contributed by atoms with Crippen LogP contribution in [0.15, 0.2) is 30.5 Å². The first-order valence-electron chi connectivity index (χ1n) is 5.10. The maximum Gasteiger partial charge on any atom is 0.0965 e. The van der Waals surface area contributed by atoms with Crippen molar-refractivity contribution in [2.45, 2.75) is 6.10 Å². The number of para-hydroxylation sites is 1. The average Bonchev–Trinajstić information content (AvgIpc) is 2.70. The minimum Gasteiger partial charge on any atom is -0.375 e. The lowest BCUT2D eigenvalue weighted by molar-refractivity contribution is 0.105. The Morgan fingerprint density at radius 2 is 2.20 bits per heavy atom. The van der Waals surface area contributed by atoms with Crippen LogP contribution in [0.2, 0.25) is 0 Å². The highest BCUT2D eigenvalue weighted by molar-refractivity contribution is 5.83. The summed E-state index contributed by atoms with van der Waals surface area (Å²) in [7, 11) is 3.67. The summed E-state index contributed by atoms with van der Waals surface area (Å²) in [5.74, 6) is 0. The fraction of sp³-hybridized carbons (Fsp3) is 0.333. The van der Waals surface area contributed by atoms with Gasteiger partial charge in [0.25, 0.3) is 0 Å². The van der Waals surface area contributed by atoms with E-state index in [0.29, 0.717) is 0 Å². The molecule has 0 aliphatic rings. The Morgan fingerprint density at radius 1 is 1.40 bits per heavy atom. The molecule has 0 aliphatic heterocycles. The predicted octanol–water partition coefficient (Wildman–Crippen LogP) is 2.07. The lowest BCUT2D eigenvalue weighted by Gasteiger charge is -2.13. The van der Waals surface area contributed by atoms with Gasteiger partial charge in [-0.15, -0.1) is 0 Å². The highest BCUT2D eigenvalue weighted by atomic mass is 16.5. The lowest BCUT2D eigenvalue weighted by atomic mass is 10.1. The van der Waals surface area contributed by atoms with Crippen LogP contribution < -0.4 is 5.32 Å². The first-order valence-corrected chi connectivity index (χ1v) is 5.10. The fourth-order valence-corrected chi connectivity index (χ4v) is 1.87. The van der Waals surface area contributed by atoms with Crippen molar-refractivity contribution in [3.05, 3.63) is 36.0 Å². The number of nitrogens with one attached hydrogen (secondary N) is 2. The third-order valence-corrected chi connectivity index (χ3v) is 2.64. The molecule has 2 aromatic rings. The minimum absolute atomic E-state index is 0.103. The summed E-state index contributed by atoms with van der Waals surface area (Å²) in [6.45, 7) is 0.818. The average molecular weight is 204 g/mol. The van der Waals surface area contributed by atoms with Crippen LogP contribution >= 0.6 is 0 Å². The number of fused-ring (bicyclic) bond motifs is 1. The summed E-state index contributed by atoms with van der Waals surface area (Å²) < 4.78 is 5.46. The number of benzene rings is 1. The summed E-state index contributed by atoms with van der Waals surface area (Å²) >= 11 is 0. The van der Waals surface area contributed by atoms with Crippen LogP contribution in [-0.2, 0) is 4.74 Å². The summed E-state index contributed by atoms with van der Waals surface area (Å²) in [4.78, 5) is 3.25. The van der Waals surface area contributed by atoms with Crippen LogP contribution in [0.3, 0.4) is 0 Å². The number of H-pyrrole nitrogens is 1. The third kappa shape index (κ3) is 1.89. The number of hydrogen-bond donors (Lipinski definition) is 2. The van der Waals surface area contributed by atoms with E-state index in [1.165, 1.54) is 10.9 Å². The molecule has 0 fully saturated rings. The van der Waals surface area contributed by atoms with E-state index >= 15 is 0 Å². The molecule has 15 heavy (non-hydrogen) atoms. The maximum atomic E-state index is 5.46. The van der Waals surface area contributed by atoms with Gasteiger partial charge < -0.3 is 15.0 Å². The largest absolute Gasteiger partial charge is 0.375 e. The van der Waals surface area contributed by atoms with Crippen LogP contribution in [0.4, 0.5) is 0 Å². The second kappa shape index (κ2) is 4.47. The Kier molecular flexibility index (Phi) is 3.04. The Balaban J connectivity index is 2.41. The fourth-order valence-electron chi connectivity index (χ4n) is 1.87. The van der Waals surface area contributed by atoms with Crippen molar-refractivity contribution < 1.29 is 4.74 Å². The molecule has 1 unspecified atom stereocenters. The van der Waals surface area contributed by atoms with Gasteiger partial charge in [0.1, 0.15) is 0 Å². The molecule has 0 spiro atoms. The normalized spacial score (nSPS) is 13.2. The second-order valence-electron chi connectivity index (χ2n) is 3.57. The molecule has 2 N–H and O–H groups in total. The van der Waals surface area contributed by atoms with Gasteiger partial charge in [-0.25, -0.2) is 0 Å². The molecular formula is C12H16N2O.